The summed E-state index contributed by atoms with van der Waals surface area (Å²) in [5, 5.41) is 9.37. The van der Waals surface area contributed by atoms with Crippen molar-refractivity contribution in [1.82, 2.24) is 0 Å². The number of aliphatic carboxylic acids is 1. The molecule has 0 unspecified atom stereocenters. The van der Waals surface area contributed by atoms with Crippen molar-refractivity contribution >= 4 is 41.6 Å². The third kappa shape index (κ3) is 3.85. The fourth-order valence-electron chi connectivity index (χ4n) is 0.828. The van der Waals surface area contributed by atoms with Gasteiger partial charge in [-0.15, -0.1) is 12.4 Å². The van der Waals surface area contributed by atoms with Gasteiger partial charge < -0.3 is 5.11 Å². The smallest absolute Gasteiger partial charge is 0.307 e. The Morgan fingerprint density at radius 1 is 1.38 bits per heavy atom. The minimum atomic E-state index is -0.903. The first kappa shape index (κ1) is 12.6. The third-order valence-electron chi connectivity index (χ3n) is 1.36. The lowest BCUT2D eigenvalue weighted by Gasteiger charge is -2.00. The molecule has 5 heteroatoms. The van der Waals surface area contributed by atoms with Crippen molar-refractivity contribution in [1.29, 1.82) is 0 Å². The Kier molecular flexibility index (Phi) is 5.14. The minimum Gasteiger partial charge on any atom is -0.481 e. The normalized spacial score (nSPS) is 9.08. The molecule has 1 N–H and O–H groups in total. The van der Waals surface area contributed by atoms with Crippen LogP contribution in [-0.4, -0.2) is 11.1 Å². The van der Waals surface area contributed by atoms with Crippen LogP contribution in [0.2, 0.25) is 10.0 Å². The van der Waals surface area contributed by atoms with Crippen LogP contribution >= 0.6 is 35.6 Å². The number of halogens is 3. The van der Waals surface area contributed by atoms with Gasteiger partial charge in [-0.1, -0.05) is 29.3 Å². The number of benzene rings is 1. The molecule has 0 heterocycles. The number of carboxylic acids is 1. The van der Waals surface area contributed by atoms with E-state index in [2.05, 4.69) is 0 Å². The molecule has 72 valence electrons. The molecule has 0 amide bonds. The second-order valence-electron chi connectivity index (χ2n) is 2.31. The van der Waals surface area contributed by atoms with E-state index in [1.807, 2.05) is 0 Å². The minimum absolute atomic E-state index is 0. The molecule has 0 radical (unpaired) electrons. The Morgan fingerprint density at radius 3 is 2.46 bits per heavy atom. The van der Waals surface area contributed by atoms with E-state index in [1.54, 1.807) is 12.1 Å². The van der Waals surface area contributed by atoms with Gasteiger partial charge in [0.05, 0.1) is 6.42 Å². The standard InChI is InChI=1S/C8H6Cl2O2.ClH/c9-6-2-1-5(3-8(11)12)7(10)4-6;/h1-2,4H,3H2,(H,11,12);1H. The molecular formula is C8H7Cl3O2. The van der Waals surface area contributed by atoms with Gasteiger partial charge in [0.2, 0.25) is 0 Å². The maximum Gasteiger partial charge on any atom is 0.307 e. The fraction of sp³-hybridized carbons (Fsp3) is 0.125. The molecule has 0 saturated heterocycles. The van der Waals surface area contributed by atoms with Crippen molar-refractivity contribution < 1.29 is 9.90 Å². The molecule has 0 bridgehead atoms. The molecule has 0 saturated carbocycles. The summed E-state index contributed by atoms with van der Waals surface area (Å²) >= 11 is 11.3. The summed E-state index contributed by atoms with van der Waals surface area (Å²) in [5.41, 5.74) is 0.577. The van der Waals surface area contributed by atoms with Crippen LogP contribution in [0.5, 0.6) is 0 Å². The quantitative estimate of drug-likeness (QED) is 0.864. The number of rotatable bonds is 2. The predicted octanol–water partition coefficient (Wildman–Crippen LogP) is 3.04. The molecule has 0 aliphatic carbocycles. The Hall–Kier alpha value is -0.440. The highest BCUT2D eigenvalue weighted by atomic mass is 35.5. The van der Waals surface area contributed by atoms with Crippen LogP contribution in [0.4, 0.5) is 0 Å². The average Bonchev–Trinajstić information content (AvgIpc) is 1.94. The highest BCUT2D eigenvalue weighted by Crippen LogP contribution is 2.21. The van der Waals surface area contributed by atoms with Gasteiger partial charge in [0.25, 0.3) is 0 Å². The molecule has 0 atom stereocenters. The van der Waals surface area contributed by atoms with E-state index in [0.717, 1.165) is 0 Å². The van der Waals surface area contributed by atoms with Crippen molar-refractivity contribution in [3.8, 4) is 0 Å². The van der Waals surface area contributed by atoms with E-state index in [9.17, 15) is 4.79 Å². The van der Waals surface area contributed by atoms with Crippen LogP contribution in [0.1, 0.15) is 5.56 Å². The third-order valence-corrected chi connectivity index (χ3v) is 1.94. The van der Waals surface area contributed by atoms with Crippen LogP contribution < -0.4 is 0 Å². The first-order valence-corrected chi connectivity index (χ1v) is 4.01. The molecule has 0 aromatic heterocycles. The van der Waals surface area contributed by atoms with Gasteiger partial charge in [-0.3, -0.25) is 4.79 Å². The summed E-state index contributed by atoms with van der Waals surface area (Å²) < 4.78 is 0. The zero-order valence-electron chi connectivity index (χ0n) is 6.46. The average molecular weight is 242 g/mol. The molecule has 1 rings (SSSR count). The topological polar surface area (TPSA) is 37.3 Å². The zero-order chi connectivity index (χ0) is 9.14. The van der Waals surface area contributed by atoms with Crippen LogP contribution in [-0.2, 0) is 11.2 Å². The summed E-state index contributed by atoms with van der Waals surface area (Å²) in [6.07, 6.45) is -0.0734. The zero-order valence-corrected chi connectivity index (χ0v) is 8.79. The molecule has 1 aromatic rings. The van der Waals surface area contributed by atoms with Crippen molar-refractivity contribution in [2.45, 2.75) is 6.42 Å². The molecular weight excluding hydrogens is 234 g/mol. The number of carbonyl (C=O) groups is 1. The maximum atomic E-state index is 10.3. The predicted molar refractivity (Wildman–Crippen MR) is 55.0 cm³/mol. The van der Waals surface area contributed by atoms with E-state index in [0.29, 0.717) is 15.6 Å². The van der Waals surface area contributed by atoms with E-state index < -0.39 is 5.97 Å². The molecule has 0 aliphatic heterocycles. The van der Waals surface area contributed by atoms with Gasteiger partial charge in [0.1, 0.15) is 0 Å². The highest BCUT2D eigenvalue weighted by molar-refractivity contribution is 6.35. The summed E-state index contributed by atoms with van der Waals surface area (Å²) in [7, 11) is 0. The van der Waals surface area contributed by atoms with Crippen LogP contribution in [0.25, 0.3) is 0 Å². The molecule has 13 heavy (non-hydrogen) atoms. The van der Waals surface area contributed by atoms with Gasteiger partial charge in [-0.05, 0) is 17.7 Å². The largest absolute Gasteiger partial charge is 0.481 e. The Morgan fingerprint density at radius 2 is 2.00 bits per heavy atom. The summed E-state index contributed by atoms with van der Waals surface area (Å²) in [5.74, 6) is -0.903. The van der Waals surface area contributed by atoms with Gasteiger partial charge in [-0.25, -0.2) is 0 Å². The SMILES string of the molecule is Cl.O=C(O)Cc1ccc(Cl)cc1Cl. The second-order valence-corrected chi connectivity index (χ2v) is 3.15. The van der Waals surface area contributed by atoms with Crippen molar-refractivity contribution in [3.05, 3.63) is 33.8 Å². The maximum absolute atomic E-state index is 10.3. The molecule has 0 aliphatic rings. The first-order valence-electron chi connectivity index (χ1n) is 3.25. The van der Waals surface area contributed by atoms with Gasteiger partial charge in [0, 0.05) is 10.0 Å². The van der Waals surface area contributed by atoms with E-state index >= 15 is 0 Å². The summed E-state index contributed by atoms with van der Waals surface area (Å²) in [6, 6.07) is 4.76. The fourth-order valence-corrected chi connectivity index (χ4v) is 1.30. The van der Waals surface area contributed by atoms with Gasteiger partial charge in [0.15, 0.2) is 0 Å². The van der Waals surface area contributed by atoms with Crippen LogP contribution in [0.3, 0.4) is 0 Å². The lowest BCUT2D eigenvalue weighted by atomic mass is 10.1. The monoisotopic (exact) mass is 240 g/mol. The molecule has 2 nitrogen and oxygen atoms in total. The lowest BCUT2D eigenvalue weighted by molar-refractivity contribution is -0.136. The highest BCUT2D eigenvalue weighted by Gasteiger charge is 2.04. The molecule has 0 spiro atoms. The van der Waals surface area contributed by atoms with Crippen LogP contribution in [0.15, 0.2) is 18.2 Å². The lowest BCUT2D eigenvalue weighted by Crippen LogP contribution is -2.00. The summed E-state index contributed by atoms with van der Waals surface area (Å²) in [4.78, 5) is 10.3. The van der Waals surface area contributed by atoms with Crippen LogP contribution in [0, 0.1) is 0 Å². The van der Waals surface area contributed by atoms with Gasteiger partial charge in [-0.2, -0.15) is 0 Å². The van der Waals surface area contributed by atoms with E-state index in [4.69, 9.17) is 28.3 Å². The second kappa shape index (κ2) is 5.32. The number of hydrogen-bond donors (Lipinski definition) is 1. The van der Waals surface area contributed by atoms with Crippen molar-refractivity contribution in [2.75, 3.05) is 0 Å². The summed E-state index contributed by atoms with van der Waals surface area (Å²) in [6.45, 7) is 0. The Bertz CT molecular complexity index is 312. The van der Waals surface area contributed by atoms with E-state index in [-0.39, 0.29) is 18.8 Å². The Balaban J connectivity index is 0.00000144. The number of carboxylic acid groups (broad SMARTS) is 1. The van der Waals surface area contributed by atoms with Crippen molar-refractivity contribution in [3.63, 3.8) is 0 Å². The molecule has 1 aromatic carbocycles. The van der Waals surface area contributed by atoms with Gasteiger partial charge >= 0.3 is 5.97 Å². The molecule has 0 fully saturated rings. The van der Waals surface area contributed by atoms with E-state index in [1.165, 1.54) is 6.07 Å². The Labute approximate surface area is 91.9 Å². The first-order chi connectivity index (χ1) is 5.59. The number of hydrogen-bond acceptors (Lipinski definition) is 1. The van der Waals surface area contributed by atoms with Crippen molar-refractivity contribution in [2.24, 2.45) is 0 Å².